The number of nitrogens with one attached hydrogen (secondary N) is 1. The van der Waals surface area contributed by atoms with E-state index < -0.39 is 0 Å². The van der Waals surface area contributed by atoms with Gasteiger partial charge in [-0.3, -0.25) is 0 Å². The Kier molecular flexibility index (Phi) is 4.53. The average molecular weight is 347 g/mol. The molecule has 2 aromatic carbocycles. The molecule has 1 aromatic heterocycles. The molecule has 0 radical (unpaired) electrons. The highest BCUT2D eigenvalue weighted by molar-refractivity contribution is 7.80. The molecule has 0 aliphatic carbocycles. The Morgan fingerprint density at radius 3 is 2.40 bits per heavy atom. The first-order valence-corrected chi connectivity index (χ1v) is 9.02. The molecule has 1 unspecified atom stereocenters. The first-order chi connectivity index (χ1) is 12.3. The van der Waals surface area contributed by atoms with Gasteiger partial charge in [-0.05, 0) is 35.5 Å². The van der Waals surface area contributed by atoms with E-state index in [1.807, 2.05) is 6.07 Å². The third-order valence-corrected chi connectivity index (χ3v) is 5.08. The van der Waals surface area contributed by atoms with E-state index in [1.165, 1.54) is 16.8 Å². The third-order valence-electron chi connectivity index (χ3n) is 4.70. The fourth-order valence-electron chi connectivity index (χ4n) is 3.46. The van der Waals surface area contributed by atoms with Gasteiger partial charge < -0.3 is 14.8 Å². The third kappa shape index (κ3) is 3.30. The number of benzene rings is 2. The number of hydrogen-bond donors (Lipinski definition) is 1. The Morgan fingerprint density at radius 2 is 1.64 bits per heavy atom. The van der Waals surface area contributed by atoms with Gasteiger partial charge in [0.25, 0.3) is 0 Å². The standard InChI is InChI=1S/C21H21N3S/c25-21(22-16-17-8-3-1-4-9-17)24-15-14-23-13-7-12-19(23)20(24)18-10-5-2-6-11-18/h1-13,20H,14-16H2,(H,22,25). The Balaban J connectivity index is 1.58. The van der Waals surface area contributed by atoms with Crippen LogP contribution in [0.1, 0.15) is 22.9 Å². The van der Waals surface area contributed by atoms with Crippen LogP contribution in [0.4, 0.5) is 0 Å². The lowest BCUT2D eigenvalue weighted by molar-refractivity contribution is 0.286. The lowest BCUT2D eigenvalue weighted by Gasteiger charge is -2.39. The van der Waals surface area contributed by atoms with Gasteiger partial charge in [0.05, 0.1) is 6.04 Å². The smallest absolute Gasteiger partial charge is 0.170 e. The van der Waals surface area contributed by atoms with Crippen molar-refractivity contribution in [3.63, 3.8) is 0 Å². The number of nitrogens with zero attached hydrogens (tertiary/aromatic N) is 2. The molecule has 4 heteroatoms. The van der Waals surface area contributed by atoms with Crippen LogP contribution >= 0.6 is 12.2 Å². The van der Waals surface area contributed by atoms with E-state index in [-0.39, 0.29) is 6.04 Å². The van der Waals surface area contributed by atoms with Gasteiger partial charge in [0.15, 0.2) is 5.11 Å². The van der Waals surface area contributed by atoms with Crippen molar-refractivity contribution >= 4 is 17.3 Å². The van der Waals surface area contributed by atoms with E-state index in [2.05, 4.69) is 87.7 Å². The summed E-state index contributed by atoms with van der Waals surface area (Å²) in [6, 6.07) is 25.5. The molecule has 0 spiro atoms. The van der Waals surface area contributed by atoms with Crippen LogP contribution in [-0.2, 0) is 13.1 Å². The fraction of sp³-hybridized carbons (Fsp3) is 0.190. The molecule has 3 aromatic rings. The molecule has 1 aliphatic heterocycles. The van der Waals surface area contributed by atoms with Gasteiger partial charge in [0.1, 0.15) is 0 Å². The SMILES string of the molecule is S=C(NCc1ccccc1)N1CCn2cccc2C1c1ccccc1. The highest BCUT2D eigenvalue weighted by Crippen LogP contribution is 2.32. The predicted molar refractivity (Wildman–Crippen MR) is 105 cm³/mol. The molecule has 0 fully saturated rings. The van der Waals surface area contributed by atoms with Crippen LogP contribution in [-0.4, -0.2) is 21.1 Å². The number of fused-ring (bicyclic) bond motifs is 1. The molecule has 1 atom stereocenters. The Labute approximate surface area is 153 Å². The maximum absolute atomic E-state index is 5.76. The zero-order chi connectivity index (χ0) is 17.1. The van der Waals surface area contributed by atoms with Crippen molar-refractivity contribution in [2.24, 2.45) is 0 Å². The maximum atomic E-state index is 5.76. The van der Waals surface area contributed by atoms with Crippen molar-refractivity contribution in [1.29, 1.82) is 0 Å². The Bertz CT molecular complexity index is 842. The first-order valence-electron chi connectivity index (χ1n) is 8.61. The highest BCUT2D eigenvalue weighted by atomic mass is 32.1. The summed E-state index contributed by atoms with van der Waals surface area (Å²) in [6.45, 7) is 2.61. The zero-order valence-corrected chi connectivity index (χ0v) is 14.8. The summed E-state index contributed by atoms with van der Waals surface area (Å²) in [7, 11) is 0. The molecule has 25 heavy (non-hydrogen) atoms. The molecule has 0 saturated heterocycles. The second kappa shape index (κ2) is 7.11. The number of thiocarbonyl (C=S) groups is 1. The summed E-state index contributed by atoms with van der Waals surface area (Å²) >= 11 is 5.76. The molecule has 2 heterocycles. The molecule has 0 saturated carbocycles. The minimum atomic E-state index is 0.153. The summed E-state index contributed by atoms with van der Waals surface area (Å²) < 4.78 is 2.33. The Morgan fingerprint density at radius 1 is 0.920 bits per heavy atom. The van der Waals surface area contributed by atoms with Crippen molar-refractivity contribution in [3.8, 4) is 0 Å². The van der Waals surface area contributed by atoms with Gasteiger partial charge in [-0.1, -0.05) is 60.7 Å². The van der Waals surface area contributed by atoms with Crippen LogP contribution in [0.3, 0.4) is 0 Å². The largest absolute Gasteiger partial charge is 0.358 e. The summed E-state index contributed by atoms with van der Waals surface area (Å²) in [6.07, 6.45) is 2.16. The van der Waals surface area contributed by atoms with Gasteiger partial charge in [-0.25, -0.2) is 0 Å². The molecule has 0 amide bonds. The molecule has 4 rings (SSSR count). The van der Waals surface area contributed by atoms with Crippen molar-refractivity contribution in [2.75, 3.05) is 6.54 Å². The normalized spacial score (nSPS) is 16.3. The lowest BCUT2D eigenvalue weighted by Crippen LogP contribution is -2.46. The van der Waals surface area contributed by atoms with Crippen molar-refractivity contribution in [2.45, 2.75) is 19.1 Å². The van der Waals surface area contributed by atoms with Crippen molar-refractivity contribution in [3.05, 3.63) is 95.8 Å². The van der Waals surface area contributed by atoms with Crippen LogP contribution in [0.25, 0.3) is 0 Å². The molecule has 1 N–H and O–H groups in total. The van der Waals surface area contributed by atoms with Gasteiger partial charge in [-0.2, -0.15) is 0 Å². The summed E-state index contributed by atoms with van der Waals surface area (Å²) in [5.41, 5.74) is 3.80. The number of rotatable bonds is 3. The highest BCUT2D eigenvalue weighted by Gasteiger charge is 2.30. The van der Waals surface area contributed by atoms with Gasteiger partial charge in [0.2, 0.25) is 0 Å². The summed E-state index contributed by atoms with van der Waals surface area (Å²) in [4.78, 5) is 2.31. The molecular weight excluding hydrogens is 326 g/mol. The van der Waals surface area contributed by atoms with E-state index in [1.54, 1.807) is 0 Å². The molecule has 126 valence electrons. The van der Waals surface area contributed by atoms with Crippen molar-refractivity contribution < 1.29 is 0 Å². The summed E-state index contributed by atoms with van der Waals surface area (Å²) in [5.74, 6) is 0. The topological polar surface area (TPSA) is 20.2 Å². The van der Waals surface area contributed by atoms with Crippen LogP contribution in [0.2, 0.25) is 0 Å². The van der Waals surface area contributed by atoms with E-state index in [0.717, 1.165) is 24.7 Å². The minimum Gasteiger partial charge on any atom is -0.358 e. The molecule has 3 nitrogen and oxygen atoms in total. The van der Waals surface area contributed by atoms with E-state index in [9.17, 15) is 0 Å². The first kappa shape index (κ1) is 15.9. The quantitative estimate of drug-likeness (QED) is 0.724. The fourth-order valence-corrected chi connectivity index (χ4v) is 3.73. The lowest BCUT2D eigenvalue weighted by atomic mass is 10.0. The van der Waals surface area contributed by atoms with Gasteiger partial charge in [-0.15, -0.1) is 0 Å². The summed E-state index contributed by atoms with van der Waals surface area (Å²) in [5, 5.41) is 4.25. The van der Waals surface area contributed by atoms with E-state index in [4.69, 9.17) is 12.2 Å². The van der Waals surface area contributed by atoms with Gasteiger partial charge in [0, 0.05) is 31.5 Å². The molecule has 0 bridgehead atoms. The molecular formula is C21H21N3S. The van der Waals surface area contributed by atoms with Crippen LogP contribution in [0, 0.1) is 0 Å². The zero-order valence-electron chi connectivity index (χ0n) is 14.0. The maximum Gasteiger partial charge on any atom is 0.170 e. The van der Waals surface area contributed by atoms with Crippen LogP contribution in [0.15, 0.2) is 79.0 Å². The van der Waals surface area contributed by atoms with Crippen LogP contribution < -0.4 is 5.32 Å². The van der Waals surface area contributed by atoms with Crippen molar-refractivity contribution in [1.82, 2.24) is 14.8 Å². The Hall–Kier alpha value is -2.59. The monoisotopic (exact) mass is 347 g/mol. The van der Waals surface area contributed by atoms with Gasteiger partial charge >= 0.3 is 0 Å². The number of aromatic nitrogens is 1. The minimum absolute atomic E-state index is 0.153. The second-order valence-electron chi connectivity index (χ2n) is 6.28. The predicted octanol–water partition coefficient (Wildman–Crippen LogP) is 3.97. The van der Waals surface area contributed by atoms with Crippen LogP contribution in [0.5, 0.6) is 0 Å². The second-order valence-corrected chi connectivity index (χ2v) is 6.66. The molecule has 1 aliphatic rings. The number of hydrogen-bond acceptors (Lipinski definition) is 1. The van der Waals surface area contributed by atoms with E-state index in [0.29, 0.717) is 0 Å². The average Bonchev–Trinajstić information content (AvgIpc) is 3.15. The van der Waals surface area contributed by atoms with E-state index >= 15 is 0 Å².